The maximum absolute atomic E-state index is 11.5. The number of carboxylic acids is 2. The zero-order valence-electron chi connectivity index (χ0n) is 11.0. The molecule has 0 spiro atoms. The lowest BCUT2D eigenvalue weighted by molar-refractivity contribution is -0.139. The molecule has 0 aromatic carbocycles. The number of hydrogen-bond donors (Lipinski definition) is 6. The molecule has 0 heterocycles. The van der Waals surface area contributed by atoms with Crippen molar-refractivity contribution in [3.63, 3.8) is 0 Å². The molecule has 21 heavy (non-hydrogen) atoms. The van der Waals surface area contributed by atoms with Crippen LogP contribution in [0.4, 0.5) is 0 Å². The minimum absolute atomic E-state index is 0. The van der Waals surface area contributed by atoms with Gasteiger partial charge in [-0.3, -0.25) is 19.2 Å². The molecule has 0 saturated carbocycles. The van der Waals surface area contributed by atoms with Crippen LogP contribution in [0.5, 0.6) is 0 Å². The summed E-state index contributed by atoms with van der Waals surface area (Å²) in [7, 11) is 0. The average Bonchev–Trinajstić information content (AvgIpc) is 2.38. The molecule has 0 saturated heterocycles. The van der Waals surface area contributed by atoms with Gasteiger partial charge < -0.3 is 26.6 Å². The van der Waals surface area contributed by atoms with Crippen LogP contribution >= 0.6 is 26.1 Å². The second-order valence-corrected chi connectivity index (χ2v) is 4.26. The number of carbonyl (C=O) groups excluding carboxylic acids is 2. The van der Waals surface area contributed by atoms with Crippen LogP contribution in [0.1, 0.15) is 12.8 Å². The molecule has 0 fully saturated rings. The van der Waals surface area contributed by atoms with Crippen LogP contribution in [0, 0.1) is 0 Å². The van der Waals surface area contributed by atoms with Crippen LogP contribution in [0.2, 0.25) is 0 Å². The highest BCUT2D eigenvalue weighted by molar-refractivity contribution is 7.80. The first kappa shape index (κ1) is 21.8. The van der Waals surface area contributed by atoms with E-state index in [-0.39, 0.29) is 32.1 Å². The average molecular weight is 341 g/mol. The van der Waals surface area contributed by atoms with Crippen molar-refractivity contribution in [2.75, 3.05) is 12.3 Å². The first-order valence-corrected chi connectivity index (χ1v) is 6.29. The smallest absolute Gasteiger partial charge is 0.322 e. The molecule has 0 unspecified atom stereocenters. The Morgan fingerprint density at radius 3 is 2.19 bits per heavy atom. The molecule has 2 atom stereocenters. The highest BCUT2D eigenvalue weighted by Gasteiger charge is 2.20. The summed E-state index contributed by atoms with van der Waals surface area (Å²) in [4.78, 5) is 43.7. The van der Waals surface area contributed by atoms with Gasteiger partial charge in [0.1, 0.15) is 18.6 Å². The Kier molecular flexibility index (Phi) is 11.7. The number of aliphatic carboxylic acids is 2. The maximum atomic E-state index is 11.5. The highest BCUT2D eigenvalue weighted by Crippen LogP contribution is 1.97. The van der Waals surface area contributed by atoms with Gasteiger partial charge in [0.05, 0.1) is 0 Å². The highest BCUT2D eigenvalue weighted by atomic mass is 32.1. The largest absolute Gasteiger partial charge is 0.480 e. The number of hydrogen-bond acceptors (Lipinski definition) is 6. The lowest BCUT2D eigenvalue weighted by Crippen LogP contribution is -2.49. The summed E-state index contributed by atoms with van der Waals surface area (Å²) in [6.07, 6.45) is -0.235. The van der Waals surface area contributed by atoms with E-state index in [2.05, 4.69) is 23.3 Å². The van der Waals surface area contributed by atoms with E-state index in [4.69, 9.17) is 15.9 Å². The maximum Gasteiger partial charge on any atom is 0.322 e. The quantitative estimate of drug-likeness (QED) is 0.262. The van der Waals surface area contributed by atoms with Gasteiger partial charge in [-0.15, -0.1) is 0 Å². The first-order chi connectivity index (χ1) is 9.27. The molecule has 0 aliphatic carbocycles. The van der Waals surface area contributed by atoms with E-state index >= 15 is 0 Å². The predicted octanol–water partition coefficient (Wildman–Crippen LogP) is -2.09. The van der Waals surface area contributed by atoms with Crippen molar-refractivity contribution in [2.24, 2.45) is 5.73 Å². The summed E-state index contributed by atoms with van der Waals surface area (Å²) in [6, 6.07) is -2.15. The van der Waals surface area contributed by atoms with Crippen LogP contribution in [0.3, 0.4) is 0 Å². The molecular formula is C10H19N3O6S2. The zero-order chi connectivity index (χ0) is 15.7. The molecule has 0 radical (unpaired) electrons. The molecular weight excluding hydrogens is 322 g/mol. The molecule has 0 bridgehead atoms. The number of carbonyl (C=O) groups is 4. The van der Waals surface area contributed by atoms with Gasteiger partial charge in [0.25, 0.3) is 0 Å². The molecule has 11 heteroatoms. The summed E-state index contributed by atoms with van der Waals surface area (Å²) >= 11 is 3.87. The Hall–Kier alpha value is -1.46. The molecule has 0 aromatic heterocycles. The number of carboxylic acid groups (broad SMARTS) is 2. The van der Waals surface area contributed by atoms with Crippen LogP contribution in [-0.2, 0) is 19.2 Å². The van der Waals surface area contributed by atoms with E-state index < -0.39 is 42.4 Å². The molecule has 0 rings (SSSR count). The van der Waals surface area contributed by atoms with Crippen molar-refractivity contribution in [2.45, 2.75) is 24.9 Å². The summed E-state index contributed by atoms with van der Waals surface area (Å²) in [5, 5.41) is 21.4. The van der Waals surface area contributed by atoms with E-state index in [0.29, 0.717) is 0 Å². The van der Waals surface area contributed by atoms with Gasteiger partial charge in [0.2, 0.25) is 11.8 Å². The third kappa shape index (κ3) is 9.98. The third-order valence-electron chi connectivity index (χ3n) is 2.25. The SMILES string of the molecule is N[C@@H](CCC(=O)N[C@@H](CS)C(=O)NCC(=O)O)C(=O)O.S. The van der Waals surface area contributed by atoms with E-state index in [1.165, 1.54) is 0 Å². The number of nitrogens with two attached hydrogens (primary N) is 1. The minimum Gasteiger partial charge on any atom is -0.480 e. The molecule has 0 aromatic rings. The van der Waals surface area contributed by atoms with Gasteiger partial charge in [-0.05, 0) is 6.42 Å². The second-order valence-electron chi connectivity index (χ2n) is 3.90. The third-order valence-corrected chi connectivity index (χ3v) is 2.61. The van der Waals surface area contributed by atoms with Crippen LogP contribution in [0.15, 0.2) is 0 Å². The second kappa shape index (κ2) is 11.2. The Morgan fingerprint density at radius 2 is 1.76 bits per heavy atom. The zero-order valence-corrected chi connectivity index (χ0v) is 12.9. The summed E-state index contributed by atoms with van der Waals surface area (Å²) in [5.41, 5.74) is 5.23. The lowest BCUT2D eigenvalue weighted by Gasteiger charge is -2.16. The van der Waals surface area contributed by atoms with Crippen molar-refractivity contribution >= 4 is 49.9 Å². The van der Waals surface area contributed by atoms with Crippen LogP contribution < -0.4 is 16.4 Å². The number of nitrogens with one attached hydrogen (secondary N) is 2. The first-order valence-electron chi connectivity index (χ1n) is 5.66. The monoisotopic (exact) mass is 341 g/mol. The van der Waals surface area contributed by atoms with E-state index in [0.717, 1.165) is 0 Å². The standard InChI is InChI=1S/C10H17N3O6S.H2S/c11-5(10(18)19)1-2-7(14)13-6(4-20)9(17)12-3-8(15)16;/h5-6,20H,1-4,11H2,(H,12,17)(H,13,14)(H,15,16)(H,18,19);1H2/t5-,6-;/m0./s1. The molecule has 0 aliphatic rings. The van der Waals surface area contributed by atoms with Gasteiger partial charge in [0, 0.05) is 12.2 Å². The molecule has 9 nitrogen and oxygen atoms in total. The van der Waals surface area contributed by atoms with Crippen molar-refractivity contribution < 1.29 is 29.4 Å². The Labute approximate surface area is 133 Å². The van der Waals surface area contributed by atoms with Gasteiger partial charge in [-0.1, -0.05) is 0 Å². The fraction of sp³-hybridized carbons (Fsp3) is 0.600. The molecule has 2 amide bonds. The summed E-state index contributed by atoms with van der Waals surface area (Å²) in [6.45, 7) is -0.567. The van der Waals surface area contributed by atoms with Crippen molar-refractivity contribution in [3.05, 3.63) is 0 Å². The van der Waals surface area contributed by atoms with E-state index in [9.17, 15) is 19.2 Å². The number of thiol groups is 1. The van der Waals surface area contributed by atoms with E-state index in [1.807, 2.05) is 0 Å². The fourth-order valence-electron chi connectivity index (χ4n) is 1.16. The summed E-state index contributed by atoms with van der Waals surface area (Å²) in [5.74, 6) is -3.70. The Balaban J connectivity index is 0. The normalized spacial score (nSPS) is 12.5. The molecule has 6 N–H and O–H groups in total. The van der Waals surface area contributed by atoms with Crippen molar-refractivity contribution in [1.82, 2.24) is 10.6 Å². The minimum atomic E-state index is -1.22. The van der Waals surface area contributed by atoms with Crippen LogP contribution in [0.25, 0.3) is 0 Å². The Morgan fingerprint density at radius 1 is 1.19 bits per heavy atom. The van der Waals surface area contributed by atoms with Crippen molar-refractivity contribution in [3.8, 4) is 0 Å². The van der Waals surface area contributed by atoms with Crippen LogP contribution in [-0.4, -0.2) is 58.3 Å². The van der Waals surface area contributed by atoms with E-state index in [1.54, 1.807) is 0 Å². The van der Waals surface area contributed by atoms with Crippen molar-refractivity contribution in [1.29, 1.82) is 0 Å². The fourth-order valence-corrected chi connectivity index (χ4v) is 1.41. The van der Waals surface area contributed by atoms with Gasteiger partial charge in [-0.2, -0.15) is 26.1 Å². The number of rotatable bonds is 9. The van der Waals surface area contributed by atoms with Gasteiger partial charge in [-0.25, -0.2) is 0 Å². The Bertz CT molecular complexity index is 393. The van der Waals surface area contributed by atoms with Gasteiger partial charge >= 0.3 is 11.9 Å². The lowest BCUT2D eigenvalue weighted by atomic mass is 10.1. The molecule has 122 valence electrons. The number of amides is 2. The summed E-state index contributed by atoms with van der Waals surface area (Å²) < 4.78 is 0. The topological polar surface area (TPSA) is 159 Å². The molecule has 0 aliphatic heterocycles. The predicted molar refractivity (Wildman–Crippen MR) is 81.7 cm³/mol. The van der Waals surface area contributed by atoms with Gasteiger partial charge in [0.15, 0.2) is 0 Å².